The number of fused-ring (bicyclic) bond motifs is 1. The molecule has 0 spiro atoms. The van der Waals surface area contributed by atoms with Gasteiger partial charge in [0.2, 0.25) is 5.91 Å². The molecule has 0 aliphatic carbocycles. The standard InChI is InChI=1S/C20H27N7O3S/c1-12(28)27-7-13(8-27)24-19-6-15(22-11-23-19)17(30)3-2-14(29)9-26-5-4-18-16(10-26)25-20(21)31-18/h6,11,13-14,29H,2-5,7-10H2,1H3,(H2,21,25)(H,22,23,24)/t14-/m0/s1. The van der Waals surface area contributed by atoms with Gasteiger partial charge in [0, 0.05) is 57.0 Å². The number of anilines is 2. The number of carbonyl (C=O) groups is 2. The third-order valence-corrected chi connectivity index (χ3v) is 6.62. The summed E-state index contributed by atoms with van der Waals surface area (Å²) in [6, 6.07) is 1.76. The molecule has 2 aliphatic rings. The minimum absolute atomic E-state index is 0.0517. The lowest BCUT2D eigenvalue weighted by atomic mass is 10.1. The fourth-order valence-corrected chi connectivity index (χ4v) is 4.70. The molecule has 1 saturated heterocycles. The molecule has 1 fully saturated rings. The zero-order chi connectivity index (χ0) is 22.0. The third-order valence-electron chi connectivity index (χ3n) is 5.63. The van der Waals surface area contributed by atoms with Crippen molar-refractivity contribution in [3.05, 3.63) is 28.7 Å². The van der Waals surface area contributed by atoms with Gasteiger partial charge >= 0.3 is 0 Å². The Morgan fingerprint density at radius 3 is 2.97 bits per heavy atom. The third kappa shape index (κ3) is 5.35. The van der Waals surface area contributed by atoms with Crippen molar-refractivity contribution >= 4 is 34.0 Å². The topological polar surface area (TPSA) is 138 Å². The highest BCUT2D eigenvalue weighted by atomic mass is 32.1. The number of carbonyl (C=O) groups excluding carboxylic acids is 2. The number of aliphatic hydroxyl groups excluding tert-OH is 1. The lowest BCUT2D eigenvalue weighted by Gasteiger charge is -2.39. The van der Waals surface area contributed by atoms with E-state index >= 15 is 0 Å². The predicted molar refractivity (Wildman–Crippen MR) is 117 cm³/mol. The molecule has 2 aromatic heterocycles. The van der Waals surface area contributed by atoms with Crippen LogP contribution < -0.4 is 11.1 Å². The van der Waals surface area contributed by atoms with Crippen LogP contribution in [0, 0.1) is 0 Å². The SMILES string of the molecule is CC(=O)N1CC(Nc2cc(C(=O)CC[C@H](O)CN3CCc4sc(N)nc4C3)ncn2)C1. The van der Waals surface area contributed by atoms with E-state index in [4.69, 9.17) is 5.73 Å². The van der Waals surface area contributed by atoms with E-state index in [9.17, 15) is 14.7 Å². The van der Waals surface area contributed by atoms with Crippen molar-refractivity contribution in [3.8, 4) is 0 Å². The number of aliphatic hydroxyl groups is 1. The summed E-state index contributed by atoms with van der Waals surface area (Å²) < 4.78 is 0. The van der Waals surface area contributed by atoms with Crippen LogP contribution in [0.4, 0.5) is 10.9 Å². The summed E-state index contributed by atoms with van der Waals surface area (Å²) in [4.78, 5) is 41.5. The molecule has 10 nitrogen and oxygen atoms in total. The number of nitrogens with one attached hydrogen (secondary N) is 1. The van der Waals surface area contributed by atoms with Gasteiger partial charge < -0.3 is 21.1 Å². The summed E-state index contributed by atoms with van der Waals surface area (Å²) in [5, 5.41) is 14.2. The van der Waals surface area contributed by atoms with Crippen molar-refractivity contribution < 1.29 is 14.7 Å². The molecule has 4 rings (SSSR count). The van der Waals surface area contributed by atoms with Crippen LogP contribution in [0.2, 0.25) is 0 Å². The van der Waals surface area contributed by atoms with Gasteiger partial charge in [-0.25, -0.2) is 15.0 Å². The van der Waals surface area contributed by atoms with E-state index in [2.05, 4.69) is 25.2 Å². The van der Waals surface area contributed by atoms with Gasteiger partial charge in [-0.15, -0.1) is 11.3 Å². The molecule has 0 bridgehead atoms. The zero-order valence-electron chi connectivity index (χ0n) is 17.5. The van der Waals surface area contributed by atoms with Crippen LogP contribution in [0.5, 0.6) is 0 Å². The van der Waals surface area contributed by atoms with Crippen molar-refractivity contribution in [1.82, 2.24) is 24.8 Å². The molecule has 2 aromatic rings. The molecular weight excluding hydrogens is 418 g/mol. The highest BCUT2D eigenvalue weighted by Gasteiger charge is 2.28. The number of hydrogen-bond acceptors (Lipinski definition) is 10. The molecule has 1 atom stereocenters. The van der Waals surface area contributed by atoms with Gasteiger partial charge in [-0.05, 0) is 12.8 Å². The maximum absolute atomic E-state index is 12.6. The highest BCUT2D eigenvalue weighted by Crippen LogP contribution is 2.26. The molecule has 0 saturated carbocycles. The number of rotatable bonds is 8. The molecular formula is C20H27N7O3S. The van der Waals surface area contributed by atoms with Crippen LogP contribution >= 0.6 is 11.3 Å². The number of hydrogen-bond donors (Lipinski definition) is 3. The average molecular weight is 446 g/mol. The summed E-state index contributed by atoms with van der Waals surface area (Å²) in [5.41, 5.74) is 7.10. The van der Waals surface area contributed by atoms with E-state index in [1.807, 2.05) is 0 Å². The van der Waals surface area contributed by atoms with Crippen molar-refractivity contribution in [2.75, 3.05) is 37.2 Å². The van der Waals surface area contributed by atoms with Crippen LogP contribution in [0.3, 0.4) is 0 Å². The number of nitrogens with zero attached hydrogens (tertiary/aromatic N) is 5. The lowest BCUT2D eigenvalue weighted by molar-refractivity contribution is -0.132. The number of aromatic nitrogens is 3. The largest absolute Gasteiger partial charge is 0.392 e. The Morgan fingerprint density at radius 2 is 2.19 bits per heavy atom. The van der Waals surface area contributed by atoms with Crippen LogP contribution in [0.25, 0.3) is 0 Å². The molecule has 4 heterocycles. The van der Waals surface area contributed by atoms with Crippen LogP contribution in [-0.4, -0.2) is 79.9 Å². The summed E-state index contributed by atoms with van der Waals surface area (Å²) >= 11 is 1.53. The highest BCUT2D eigenvalue weighted by molar-refractivity contribution is 7.15. The van der Waals surface area contributed by atoms with E-state index in [1.54, 1.807) is 17.9 Å². The van der Waals surface area contributed by atoms with Gasteiger partial charge in [-0.2, -0.15) is 0 Å². The summed E-state index contributed by atoms with van der Waals surface area (Å²) in [7, 11) is 0. The van der Waals surface area contributed by atoms with Crippen molar-refractivity contribution in [2.45, 2.75) is 44.9 Å². The first kappa shape index (κ1) is 21.6. The molecule has 0 radical (unpaired) electrons. The maximum atomic E-state index is 12.6. The number of likely N-dealkylation sites (tertiary alicyclic amines) is 1. The van der Waals surface area contributed by atoms with Gasteiger partial charge in [0.1, 0.15) is 17.8 Å². The number of nitrogens with two attached hydrogens (primary N) is 1. The lowest BCUT2D eigenvalue weighted by Crippen LogP contribution is -2.56. The molecule has 0 unspecified atom stereocenters. The molecule has 31 heavy (non-hydrogen) atoms. The molecule has 2 aliphatic heterocycles. The van der Waals surface area contributed by atoms with Crippen LogP contribution in [0.1, 0.15) is 40.8 Å². The average Bonchev–Trinajstić information content (AvgIpc) is 3.07. The second kappa shape index (κ2) is 9.25. The Bertz CT molecular complexity index is 960. The minimum atomic E-state index is -0.603. The Balaban J connectivity index is 1.23. The Kier molecular flexibility index (Phi) is 6.44. The second-order valence-electron chi connectivity index (χ2n) is 8.08. The molecule has 166 valence electrons. The first-order valence-corrected chi connectivity index (χ1v) is 11.2. The number of β-amino-alcohol motifs (C(OH)–C–C–N with tert-alkyl or cyclic N) is 1. The summed E-state index contributed by atoms with van der Waals surface area (Å²) in [6.07, 6.45) is 2.22. The molecule has 0 aromatic carbocycles. The predicted octanol–water partition coefficient (Wildman–Crippen LogP) is 0.540. The van der Waals surface area contributed by atoms with E-state index in [0.717, 1.165) is 18.7 Å². The number of amides is 1. The Hall–Kier alpha value is -2.63. The smallest absolute Gasteiger partial charge is 0.219 e. The van der Waals surface area contributed by atoms with Gasteiger partial charge in [0.15, 0.2) is 10.9 Å². The first-order valence-electron chi connectivity index (χ1n) is 10.4. The van der Waals surface area contributed by atoms with Crippen molar-refractivity contribution in [2.24, 2.45) is 0 Å². The molecule has 4 N–H and O–H groups in total. The van der Waals surface area contributed by atoms with E-state index in [-0.39, 0.29) is 24.2 Å². The van der Waals surface area contributed by atoms with Gasteiger partial charge in [0.25, 0.3) is 0 Å². The second-order valence-corrected chi connectivity index (χ2v) is 9.19. The Morgan fingerprint density at radius 1 is 1.39 bits per heavy atom. The normalized spacial score (nSPS) is 17.7. The monoisotopic (exact) mass is 445 g/mol. The van der Waals surface area contributed by atoms with Gasteiger partial charge in [-0.3, -0.25) is 14.5 Å². The van der Waals surface area contributed by atoms with E-state index in [0.29, 0.717) is 49.2 Å². The number of thiazole rings is 1. The van der Waals surface area contributed by atoms with Crippen molar-refractivity contribution in [3.63, 3.8) is 0 Å². The molecule has 11 heteroatoms. The number of nitrogen functional groups attached to an aromatic ring is 1. The first-order chi connectivity index (χ1) is 14.9. The van der Waals surface area contributed by atoms with Gasteiger partial charge in [-0.1, -0.05) is 0 Å². The van der Waals surface area contributed by atoms with E-state index < -0.39 is 6.10 Å². The maximum Gasteiger partial charge on any atom is 0.219 e. The minimum Gasteiger partial charge on any atom is -0.392 e. The zero-order valence-corrected chi connectivity index (χ0v) is 18.3. The quantitative estimate of drug-likeness (QED) is 0.497. The molecule has 1 amide bonds. The van der Waals surface area contributed by atoms with E-state index in [1.165, 1.54) is 22.5 Å². The summed E-state index contributed by atoms with van der Waals surface area (Å²) in [6.45, 7) is 4.82. The Labute approximate surface area is 184 Å². The van der Waals surface area contributed by atoms with Crippen LogP contribution in [0.15, 0.2) is 12.4 Å². The van der Waals surface area contributed by atoms with Crippen LogP contribution in [-0.2, 0) is 17.8 Å². The number of ketones is 1. The fraction of sp³-hybridized carbons (Fsp3) is 0.550. The van der Waals surface area contributed by atoms with Crippen molar-refractivity contribution in [1.29, 1.82) is 0 Å². The van der Waals surface area contributed by atoms with Gasteiger partial charge in [0.05, 0.1) is 17.8 Å². The number of Topliss-reactive ketones (excluding diaryl/α,β-unsaturated/α-hetero) is 1. The summed E-state index contributed by atoms with van der Waals surface area (Å²) in [5.74, 6) is 0.492. The fourth-order valence-electron chi connectivity index (χ4n) is 3.87.